The monoisotopic (exact) mass is 259 g/mol. The van der Waals surface area contributed by atoms with Crippen LogP contribution in [0.15, 0.2) is 24.4 Å². The summed E-state index contributed by atoms with van der Waals surface area (Å²) in [5.41, 5.74) is 4.10. The highest BCUT2D eigenvalue weighted by Gasteiger charge is 2.12. The first-order valence-electron chi connectivity index (χ1n) is 7.28. The third kappa shape index (κ3) is 2.84. The molecule has 1 aromatic heterocycles. The minimum absolute atomic E-state index is 0.251. The first-order chi connectivity index (χ1) is 9.04. The summed E-state index contributed by atoms with van der Waals surface area (Å²) in [7, 11) is 0. The molecule has 2 nitrogen and oxygen atoms in total. The molecule has 0 saturated heterocycles. The van der Waals surface area contributed by atoms with Crippen molar-refractivity contribution < 1.29 is 5.11 Å². The van der Waals surface area contributed by atoms with Gasteiger partial charge < -0.3 is 9.67 Å². The lowest BCUT2D eigenvalue weighted by molar-refractivity contribution is 0.280. The highest BCUT2D eigenvalue weighted by atomic mass is 16.3. The lowest BCUT2D eigenvalue weighted by Crippen LogP contribution is -1.98. The van der Waals surface area contributed by atoms with Gasteiger partial charge in [0.25, 0.3) is 0 Å². The van der Waals surface area contributed by atoms with Crippen molar-refractivity contribution in [1.82, 2.24) is 4.57 Å². The molecule has 0 spiro atoms. The highest BCUT2D eigenvalue weighted by Crippen LogP contribution is 2.30. The molecule has 2 heteroatoms. The van der Waals surface area contributed by atoms with Crippen LogP contribution in [0.25, 0.3) is 10.9 Å². The summed E-state index contributed by atoms with van der Waals surface area (Å²) in [6.45, 7) is 10.1. The number of hydrogen-bond donors (Lipinski definition) is 1. The zero-order valence-electron chi connectivity index (χ0n) is 12.5. The van der Waals surface area contributed by atoms with Crippen molar-refractivity contribution in [1.29, 1.82) is 0 Å². The number of fused-ring (bicyclic) bond motifs is 1. The van der Waals surface area contributed by atoms with E-state index in [-0.39, 0.29) is 6.61 Å². The second-order valence-corrected chi connectivity index (χ2v) is 5.94. The van der Waals surface area contributed by atoms with E-state index in [0.29, 0.717) is 11.8 Å². The van der Waals surface area contributed by atoms with Crippen LogP contribution in [0.5, 0.6) is 0 Å². The van der Waals surface area contributed by atoms with Gasteiger partial charge in [-0.25, -0.2) is 0 Å². The lowest BCUT2D eigenvalue weighted by atomic mass is 9.97. The summed E-state index contributed by atoms with van der Waals surface area (Å²) >= 11 is 0. The van der Waals surface area contributed by atoms with E-state index < -0.39 is 0 Å². The van der Waals surface area contributed by atoms with Crippen LogP contribution in [0.2, 0.25) is 0 Å². The smallest absolute Gasteiger partial charge is 0.0483 e. The van der Waals surface area contributed by atoms with Crippen LogP contribution in [-0.4, -0.2) is 16.3 Å². The minimum atomic E-state index is 0.251. The summed E-state index contributed by atoms with van der Waals surface area (Å²) < 4.78 is 2.28. The van der Waals surface area contributed by atoms with Crippen molar-refractivity contribution in [2.24, 2.45) is 0 Å². The molecule has 0 bridgehead atoms. The zero-order chi connectivity index (χ0) is 14.0. The average Bonchev–Trinajstić information content (AvgIpc) is 2.74. The molecule has 0 unspecified atom stereocenters. The lowest BCUT2D eigenvalue weighted by Gasteiger charge is -2.08. The Balaban J connectivity index is 2.54. The Morgan fingerprint density at radius 1 is 1.11 bits per heavy atom. The first-order valence-corrected chi connectivity index (χ1v) is 7.28. The van der Waals surface area contributed by atoms with Gasteiger partial charge in [0.1, 0.15) is 0 Å². The van der Waals surface area contributed by atoms with Crippen molar-refractivity contribution in [2.45, 2.75) is 52.5 Å². The second-order valence-electron chi connectivity index (χ2n) is 5.94. The summed E-state index contributed by atoms with van der Waals surface area (Å²) in [5.74, 6) is 1.09. The van der Waals surface area contributed by atoms with Gasteiger partial charge in [-0.05, 0) is 41.5 Å². The highest BCUT2D eigenvalue weighted by molar-refractivity contribution is 5.85. The molecule has 0 radical (unpaired) electrons. The van der Waals surface area contributed by atoms with Crippen LogP contribution >= 0.6 is 0 Å². The Labute approximate surface area is 116 Å². The zero-order valence-corrected chi connectivity index (χ0v) is 12.5. The number of hydrogen-bond acceptors (Lipinski definition) is 1. The topological polar surface area (TPSA) is 25.2 Å². The SMILES string of the molecule is CC(C)c1ccc2c(c1)c(C(C)C)cn2CCCO. The quantitative estimate of drug-likeness (QED) is 0.852. The van der Waals surface area contributed by atoms with Crippen LogP contribution in [0.4, 0.5) is 0 Å². The van der Waals surface area contributed by atoms with Crippen LogP contribution in [0.3, 0.4) is 0 Å². The van der Waals surface area contributed by atoms with Gasteiger partial charge in [-0.2, -0.15) is 0 Å². The number of rotatable bonds is 5. The maximum atomic E-state index is 9.02. The fourth-order valence-corrected chi connectivity index (χ4v) is 2.59. The number of nitrogens with zero attached hydrogens (tertiary/aromatic N) is 1. The van der Waals surface area contributed by atoms with Crippen molar-refractivity contribution in [2.75, 3.05) is 6.61 Å². The molecule has 0 fully saturated rings. The molecule has 2 aromatic rings. The Bertz CT molecular complexity index is 552. The summed E-state index contributed by atoms with van der Waals surface area (Å²) in [4.78, 5) is 0. The molecule has 1 aromatic carbocycles. The number of aliphatic hydroxyl groups is 1. The minimum Gasteiger partial charge on any atom is -0.396 e. The molecule has 1 N–H and O–H groups in total. The van der Waals surface area contributed by atoms with Crippen LogP contribution in [-0.2, 0) is 6.54 Å². The number of aromatic nitrogens is 1. The maximum Gasteiger partial charge on any atom is 0.0483 e. The average molecular weight is 259 g/mol. The molecule has 0 aliphatic carbocycles. The Kier molecular flexibility index (Phi) is 4.31. The van der Waals surface area contributed by atoms with Crippen molar-refractivity contribution in [3.63, 3.8) is 0 Å². The van der Waals surface area contributed by atoms with Gasteiger partial charge in [-0.15, -0.1) is 0 Å². The number of benzene rings is 1. The van der Waals surface area contributed by atoms with Gasteiger partial charge in [-0.1, -0.05) is 33.8 Å². The van der Waals surface area contributed by atoms with Gasteiger partial charge in [0, 0.05) is 30.3 Å². The predicted octanol–water partition coefficient (Wildman–Crippen LogP) is 4.27. The van der Waals surface area contributed by atoms with Crippen molar-refractivity contribution >= 4 is 10.9 Å². The normalized spacial score (nSPS) is 11.9. The molecular formula is C17H25NO. The molecule has 104 valence electrons. The van der Waals surface area contributed by atoms with E-state index in [1.807, 2.05) is 0 Å². The van der Waals surface area contributed by atoms with Gasteiger partial charge in [0.05, 0.1) is 0 Å². The van der Waals surface area contributed by atoms with E-state index >= 15 is 0 Å². The molecule has 0 amide bonds. The van der Waals surface area contributed by atoms with Crippen molar-refractivity contribution in [3.8, 4) is 0 Å². The molecule has 0 aliphatic heterocycles. The van der Waals surface area contributed by atoms with E-state index in [0.717, 1.165) is 13.0 Å². The standard InChI is InChI=1S/C17H25NO/c1-12(2)14-6-7-17-15(10-14)16(13(3)4)11-18(17)8-5-9-19/h6-7,10-13,19H,5,8-9H2,1-4H3. The van der Waals surface area contributed by atoms with Crippen LogP contribution < -0.4 is 0 Å². The fraction of sp³-hybridized carbons (Fsp3) is 0.529. The molecule has 0 aliphatic rings. The Morgan fingerprint density at radius 2 is 1.84 bits per heavy atom. The summed E-state index contributed by atoms with van der Waals surface area (Å²) in [6.07, 6.45) is 3.07. The molecule has 19 heavy (non-hydrogen) atoms. The van der Waals surface area contributed by atoms with Crippen molar-refractivity contribution in [3.05, 3.63) is 35.5 Å². The molecule has 0 atom stereocenters. The number of aliphatic hydroxyl groups excluding tert-OH is 1. The largest absolute Gasteiger partial charge is 0.396 e. The summed E-state index contributed by atoms with van der Waals surface area (Å²) in [5, 5.41) is 10.4. The van der Waals surface area contributed by atoms with E-state index in [2.05, 4.69) is 56.7 Å². The second kappa shape index (κ2) is 5.79. The third-order valence-corrected chi connectivity index (χ3v) is 3.78. The van der Waals surface area contributed by atoms with Crippen LogP contribution in [0.1, 0.15) is 57.1 Å². The van der Waals surface area contributed by atoms with E-state index in [9.17, 15) is 0 Å². The molecule has 1 heterocycles. The fourth-order valence-electron chi connectivity index (χ4n) is 2.59. The predicted molar refractivity (Wildman–Crippen MR) is 81.8 cm³/mol. The summed E-state index contributed by atoms with van der Waals surface area (Å²) in [6, 6.07) is 6.80. The van der Waals surface area contributed by atoms with Gasteiger partial charge in [-0.3, -0.25) is 0 Å². The molecular weight excluding hydrogens is 234 g/mol. The third-order valence-electron chi connectivity index (χ3n) is 3.78. The van der Waals surface area contributed by atoms with E-state index in [1.54, 1.807) is 0 Å². The number of aryl methyl sites for hydroxylation is 1. The molecule has 0 saturated carbocycles. The van der Waals surface area contributed by atoms with Gasteiger partial charge in [0.15, 0.2) is 0 Å². The van der Waals surface area contributed by atoms with Gasteiger partial charge >= 0.3 is 0 Å². The van der Waals surface area contributed by atoms with Crippen LogP contribution in [0, 0.1) is 0 Å². The first kappa shape index (κ1) is 14.1. The Morgan fingerprint density at radius 3 is 2.42 bits per heavy atom. The molecule has 2 rings (SSSR count). The maximum absolute atomic E-state index is 9.02. The Hall–Kier alpha value is -1.28. The van der Waals surface area contributed by atoms with E-state index in [4.69, 9.17) is 5.11 Å². The van der Waals surface area contributed by atoms with E-state index in [1.165, 1.54) is 22.0 Å². The van der Waals surface area contributed by atoms with Gasteiger partial charge in [0.2, 0.25) is 0 Å².